The minimum atomic E-state index is 1.03. The molecule has 32 heavy (non-hydrogen) atoms. The molecule has 0 bridgehead atoms. The first-order chi connectivity index (χ1) is 15.8. The van der Waals surface area contributed by atoms with Crippen molar-refractivity contribution in [3.8, 4) is 0 Å². The van der Waals surface area contributed by atoms with Crippen LogP contribution in [0.1, 0.15) is 11.1 Å². The molecule has 0 N–H and O–H groups in total. The van der Waals surface area contributed by atoms with E-state index in [1.807, 2.05) is 0 Å². The van der Waals surface area contributed by atoms with Crippen LogP contribution in [-0.4, -0.2) is 42.5 Å². The molecule has 1 heterocycles. The summed E-state index contributed by atoms with van der Waals surface area (Å²) < 4.78 is 0. The molecule has 0 spiro atoms. The van der Waals surface area contributed by atoms with Gasteiger partial charge in [-0.15, -0.1) is 0 Å². The highest BCUT2D eigenvalue weighted by Gasteiger charge is 2.18. The van der Waals surface area contributed by atoms with Crippen LogP contribution in [0.2, 0.25) is 0 Å². The van der Waals surface area contributed by atoms with Gasteiger partial charge >= 0.3 is 0 Å². The largest absolute Gasteiger partial charge is 0.297 e. The van der Waals surface area contributed by atoms with Crippen LogP contribution in [-0.2, 0) is 6.54 Å². The molecule has 0 aliphatic carbocycles. The zero-order chi connectivity index (χ0) is 21.3. The predicted octanol–water partition coefficient (Wildman–Crippen LogP) is 6.42. The molecule has 2 nitrogen and oxygen atoms in total. The highest BCUT2D eigenvalue weighted by atomic mass is 15.3. The van der Waals surface area contributed by atoms with E-state index in [-0.39, 0.29) is 0 Å². The fraction of sp³-hybridized carbons (Fsp3) is 0.200. The van der Waals surface area contributed by atoms with Gasteiger partial charge in [0, 0.05) is 39.3 Å². The molecule has 0 aromatic heterocycles. The van der Waals surface area contributed by atoms with Crippen LogP contribution in [0.4, 0.5) is 0 Å². The molecule has 0 atom stereocenters. The number of benzene rings is 5. The highest BCUT2D eigenvalue weighted by molar-refractivity contribution is 6.23. The van der Waals surface area contributed by atoms with Gasteiger partial charge in [-0.3, -0.25) is 9.80 Å². The van der Waals surface area contributed by atoms with E-state index >= 15 is 0 Å². The van der Waals surface area contributed by atoms with Gasteiger partial charge in [0.15, 0.2) is 0 Å². The van der Waals surface area contributed by atoms with Crippen molar-refractivity contribution >= 4 is 38.4 Å². The molecule has 0 amide bonds. The second-order valence-electron chi connectivity index (χ2n) is 8.97. The Morgan fingerprint density at radius 2 is 1.25 bits per heavy atom. The zero-order valence-corrected chi connectivity index (χ0v) is 18.4. The smallest absolute Gasteiger partial charge is 0.0240 e. The molecule has 0 radical (unpaired) electrons. The molecule has 1 aliphatic heterocycles. The van der Waals surface area contributed by atoms with Gasteiger partial charge in [0.1, 0.15) is 0 Å². The number of hydrogen-bond donors (Lipinski definition) is 0. The van der Waals surface area contributed by atoms with Crippen molar-refractivity contribution in [3.63, 3.8) is 0 Å². The van der Waals surface area contributed by atoms with E-state index in [0.717, 1.165) is 39.3 Å². The lowest BCUT2D eigenvalue weighted by Gasteiger charge is -2.34. The third kappa shape index (κ3) is 3.66. The number of piperazine rings is 1. The normalized spacial score (nSPS) is 16.1. The van der Waals surface area contributed by atoms with Crippen molar-refractivity contribution in [1.82, 2.24) is 9.80 Å². The predicted molar refractivity (Wildman–Crippen MR) is 137 cm³/mol. The summed E-state index contributed by atoms with van der Waals surface area (Å²) in [5, 5.41) is 8.30. The maximum absolute atomic E-state index is 2.61. The van der Waals surface area contributed by atoms with E-state index in [0.29, 0.717) is 0 Å². The lowest BCUT2D eigenvalue weighted by Crippen LogP contribution is -2.45. The van der Waals surface area contributed by atoms with Gasteiger partial charge < -0.3 is 0 Å². The van der Waals surface area contributed by atoms with Crippen molar-refractivity contribution < 1.29 is 0 Å². The minimum absolute atomic E-state index is 1.03. The summed E-state index contributed by atoms with van der Waals surface area (Å²) >= 11 is 0. The standard InChI is InChI=1S/C30H28N2/c1-2-6-23(7-3-1)8-5-17-31-18-20-32(21-19-31)22-27-14-13-26-12-11-24-9-4-10-25-15-16-28(27)30(26)29(24)25/h1-16H,17-22H2. The molecule has 0 unspecified atom stereocenters. The van der Waals surface area contributed by atoms with Crippen LogP contribution >= 0.6 is 0 Å². The minimum Gasteiger partial charge on any atom is -0.297 e. The van der Waals surface area contributed by atoms with E-state index in [4.69, 9.17) is 0 Å². The molecule has 5 aromatic carbocycles. The highest BCUT2D eigenvalue weighted by Crippen LogP contribution is 2.36. The van der Waals surface area contributed by atoms with Crippen molar-refractivity contribution in [2.75, 3.05) is 32.7 Å². The quantitative estimate of drug-likeness (QED) is 0.305. The Kier molecular flexibility index (Phi) is 5.10. The molecule has 158 valence electrons. The molecule has 2 heteroatoms. The maximum Gasteiger partial charge on any atom is 0.0240 e. The van der Waals surface area contributed by atoms with Gasteiger partial charge in [-0.05, 0) is 43.4 Å². The Bertz CT molecular complexity index is 1360. The number of rotatable bonds is 5. The van der Waals surface area contributed by atoms with Crippen molar-refractivity contribution in [2.24, 2.45) is 0 Å². The Hall–Kier alpha value is -3.20. The molecule has 1 fully saturated rings. The van der Waals surface area contributed by atoms with Gasteiger partial charge in [0.25, 0.3) is 0 Å². The fourth-order valence-corrected chi connectivity index (χ4v) is 5.21. The number of nitrogens with zero attached hydrogens (tertiary/aromatic N) is 2. The molecular formula is C30H28N2. The third-order valence-corrected chi connectivity index (χ3v) is 6.95. The van der Waals surface area contributed by atoms with Crippen LogP contribution in [0.25, 0.3) is 38.4 Å². The Morgan fingerprint density at radius 1 is 0.594 bits per heavy atom. The molecular weight excluding hydrogens is 388 g/mol. The van der Waals surface area contributed by atoms with Gasteiger partial charge in [0.05, 0.1) is 0 Å². The van der Waals surface area contributed by atoms with E-state index in [2.05, 4.69) is 107 Å². The topological polar surface area (TPSA) is 6.48 Å². The van der Waals surface area contributed by atoms with E-state index in [9.17, 15) is 0 Å². The summed E-state index contributed by atoms with van der Waals surface area (Å²) in [6.07, 6.45) is 4.53. The average Bonchev–Trinajstić information content (AvgIpc) is 2.85. The number of hydrogen-bond acceptors (Lipinski definition) is 2. The van der Waals surface area contributed by atoms with E-state index in [1.54, 1.807) is 0 Å². The van der Waals surface area contributed by atoms with E-state index < -0.39 is 0 Å². The Labute approximate surface area is 189 Å². The SMILES string of the molecule is C(=Cc1ccccc1)CN1CCN(Cc2ccc3ccc4cccc5ccc2c3c45)CC1. The monoisotopic (exact) mass is 416 g/mol. The average molecular weight is 417 g/mol. The van der Waals surface area contributed by atoms with Crippen molar-refractivity contribution in [3.05, 3.63) is 102 Å². The maximum atomic E-state index is 2.61. The van der Waals surface area contributed by atoms with Crippen LogP contribution in [0.5, 0.6) is 0 Å². The summed E-state index contributed by atoms with van der Waals surface area (Å²) in [6, 6.07) is 31.0. The summed E-state index contributed by atoms with van der Waals surface area (Å²) in [6.45, 7) is 6.57. The van der Waals surface area contributed by atoms with Crippen LogP contribution < -0.4 is 0 Å². The van der Waals surface area contributed by atoms with Gasteiger partial charge in [0.2, 0.25) is 0 Å². The molecule has 5 aromatic rings. The lowest BCUT2D eigenvalue weighted by molar-refractivity contribution is 0.137. The molecule has 0 saturated carbocycles. The zero-order valence-electron chi connectivity index (χ0n) is 18.4. The molecule has 1 saturated heterocycles. The van der Waals surface area contributed by atoms with Crippen molar-refractivity contribution in [2.45, 2.75) is 6.54 Å². The van der Waals surface area contributed by atoms with Crippen LogP contribution in [0.15, 0.2) is 91.0 Å². The lowest BCUT2D eigenvalue weighted by atomic mass is 9.92. The third-order valence-electron chi connectivity index (χ3n) is 6.95. The summed E-state index contributed by atoms with van der Waals surface area (Å²) in [7, 11) is 0. The van der Waals surface area contributed by atoms with Gasteiger partial charge in [-0.2, -0.15) is 0 Å². The Balaban J connectivity index is 1.17. The first kappa shape index (κ1) is 19.5. The molecule has 6 rings (SSSR count). The second kappa shape index (κ2) is 8.38. The summed E-state index contributed by atoms with van der Waals surface area (Å²) in [5.41, 5.74) is 2.73. The summed E-state index contributed by atoms with van der Waals surface area (Å²) in [4.78, 5) is 5.17. The van der Waals surface area contributed by atoms with Gasteiger partial charge in [-0.25, -0.2) is 0 Å². The first-order valence-corrected chi connectivity index (χ1v) is 11.7. The van der Waals surface area contributed by atoms with Crippen LogP contribution in [0, 0.1) is 0 Å². The molecule has 1 aliphatic rings. The Morgan fingerprint density at radius 3 is 2.03 bits per heavy atom. The summed E-state index contributed by atoms with van der Waals surface area (Å²) in [5.74, 6) is 0. The van der Waals surface area contributed by atoms with E-state index in [1.165, 1.54) is 43.4 Å². The van der Waals surface area contributed by atoms with Gasteiger partial charge in [-0.1, -0.05) is 97.1 Å². The second-order valence-corrected chi connectivity index (χ2v) is 8.97. The van der Waals surface area contributed by atoms with Crippen molar-refractivity contribution in [1.29, 1.82) is 0 Å². The fourth-order valence-electron chi connectivity index (χ4n) is 5.21. The van der Waals surface area contributed by atoms with Crippen LogP contribution in [0.3, 0.4) is 0 Å². The first-order valence-electron chi connectivity index (χ1n) is 11.7.